The summed E-state index contributed by atoms with van der Waals surface area (Å²) < 4.78 is 26.8. The number of fused-ring (bicyclic) bond motifs is 1. The predicted molar refractivity (Wildman–Crippen MR) is 198 cm³/mol. The number of carboxylic acid groups (broad SMARTS) is 1. The van der Waals surface area contributed by atoms with E-state index in [4.69, 9.17) is 21.7 Å². The SMILES string of the molecule is Cc1ccc(N(C(=O)C[C@H](NC(=O)[C@@H](N)CCC(=O)O)C(=O)N[C@H](C=O)CCN)c2nccc(N(C)c3ccc4c(C)n(C)nc4c3)n2)cc1S(N)(=O)=O. The van der Waals surface area contributed by atoms with Crippen LogP contribution < -0.4 is 37.0 Å². The van der Waals surface area contributed by atoms with Gasteiger partial charge in [-0.2, -0.15) is 10.1 Å². The standard InChI is InChI=1S/C34H43N11O8S/c1-19-5-6-23(16-28(19)54(37,52)53)45(34-38-14-12-29(41-34)43(3)22-7-8-24-20(2)44(4)42-26(24)15-22)30(47)17-27(33(51)39-21(18-46)11-13-35)40-32(50)25(36)9-10-31(48)49/h5-8,12,14-16,18,21,25,27H,9-11,13,17,35-36H2,1-4H3,(H,39,51)(H,40,50)(H,48,49)(H2,37,52,53)/t21-,25-,27-/m0/s1. The Morgan fingerprint density at radius 1 is 1.02 bits per heavy atom. The maximum Gasteiger partial charge on any atom is 0.303 e. The molecule has 54 heavy (non-hydrogen) atoms. The van der Waals surface area contributed by atoms with Gasteiger partial charge in [0.2, 0.25) is 33.7 Å². The highest BCUT2D eigenvalue weighted by atomic mass is 32.2. The third-order valence-electron chi connectivity index (χ3n) is 8.65. The largest absolute Gasteiger partial charge is 0.481 e. The van der Waals surface area contributed by atoms with E-state index in [1.807, 2.05) is 32.2 Å². The normalized spacial score (nSPS) is 13.1. The van der Waals surface area contributed by atoms with E-state index >= 15 is 0 Å². The number of aldehydes is 1. The molecule has 4 aromatic rings. The molecule has 0 radical (unpaired) electrons. The van der Waals surface area contributed by atoms with Crippen molar-refractivity contribution in [2.45, 2.75) is 62.6 Å². The monoisotopic (exact) mass is 765 g/mol. The van der Waals surface area contributed by atoms with Crippen LogP contribution >= 0.6 is 0 Å². The van der Waals surface area contributed by atoms with E-state index < -0.39 is 64.7 Å². The van der Waals surface area contributed by atoms with Gasteiger partial charge in [0.1, 0.15) is 18.1 Å². The molecular weight excluding hydrogens is 723 g/mol. The third kappa shape index (κ3) is 9.77. The molecule has 0 spiro atoms. The second-order valence-corrected chi connectivity index (χ2v) is 14.1. The van der Waals surface area contributed by atoms with Crippen LogP contribution in [0.1, 0.15) is 36.9 Å². The number of primary sulfonamides is 1. The molecule has 0 aliphatic heterocycles. The number of sulfonamides is 1. The zero-order valence-electron chi connectivity index (χ0n) is 30.1. The Kier molecular flexibility index (Phi) is 13.1. The molecule has 0 aliphatic carbocycles. The van der Waals surface area contributed by atoms with Gasteiger partial charge >= 0.3 is 5.97 Å². The predicted octanol–water partition coefficient (Wildman–Crippen LogP) is 0.160. The maximum atomic E-state index is 14.4. The van der Waals surface area contributed by atoms with E-state index in [0.29, 0.717) is 17.8 Å². The fourth-order valence-corrected chi connectivity index (χ4v) is 6.30. The summed E-state index contributed by atoms with van der Waals surface area (Å²) in [5.74, 6) is -3.91. The topological polar surface area (TPSA) is 292 Å². The van der Waals surface area contributed by atoms with Crippen LogP contribution in [0.3, 0.4) is 0 Å². The minimum Gasteiger partial charge on any atom is -0.481 e. The van der Waals surface area contributed by atoms with Crippen LogP contribution in [0.5, 0.6) is 0 Å². The Morgan fingerprint density at radius 3 is 2.37 bits per heavy atom. The van der Waals surface area contributed by atoms with Crippen molar-refractivity contribution in [2.75, 3.05) is 23.4 Å². The number of aryl methyl sites for hydroxylation is 3. The van der Waals surface area contributed by atoms with Gasteiger partial charge in [-0.3, -0.25) is 23.9 Å². The van der Waals surface area contributed by atoms with E-state index in [2.05, 4.69) is 25.7 Å². The average molecular weight is 766 g/mol. The van der Waals surface area contributed by atoms with Crippen LogP contribution in [-0.4, -0.2) is 95.0 Å². The number of amides is 3. The summed E-state index contributed by atoms with van der Waals surface area (Å²) in [7, 11) is -0.719. The zero-order valence-corrected chi connectivity index (χ0v) is 30.9. The van der Waals surface area contributed by atoms with Crippen molar-refractivity contribution in [3.63, 3.8) is 0 Å². The van der Waals surface area contributed by atoms with Gasteiger partial charge in [0, 0.05) is 43.5 Å². The van der Waals surface area contributed by atoms with Gasteiger partial charge < -0.3 is 36.9 Å². The molecule has 19 nitrogen and oxygen atoms in total. The zero-order chi connectivity index (χ0) is 39.9. The van der Waals surface area contributed by atoms with Gasteiger partial charge in [0.25, 0.3) is 0 Å². The molecule has 0 fully saturated rings. The fraction of sp³-hybridized carbons (Fsp3) is 0.353. The molecule has 0 unspecified atom stereocenters. The Morgan fingerprint density at radius 2 is 1.72 bits per heavy atom. The van der Waals surface area contributed by atoms with Crippen LogP contribution in [0.4, 0.5) is 23.1 Å². The molecule has 3 amide bonds. The maximum absolute atomic E-state index is 14.4. The van der Waals surface area contributed by atoms with Crippen LogP contribution in [0.2, 0.25) is 0 Å². The molecular formula is C34H43N11O8S. The van der Waals surface area contributed by atoms with E-state index in [9.17, 15) is 32.4 Å². The minimum absolute atomic E-state index is 0.0325. The molecule has 2 aromatic carbocycles. The highest BCUT2D eigenvalue weighted by molar-refractivity contribution is 7.89. The van der Waals surface area contributed by atoms with Crippen molar-refractivity contribution in [2.24, 2.45) is 23.7 Å². The lowest BCUT2D eigenvalue weighted by Crippen LogP contribution is -2.55. The number of nitrogens with two attached hydrogens (primary N) is 3. The van der Waals surface area contributed by atoms with Gasteiger partial charge in [-0.1, -0.05) is 6.07 Å². The first-order valence-electron chi connectivity index (χ1n) is 16.6. The first-order valence-corrected chi connectivity index (χ1v) is 18.2. The second kappa shape index (κ2) is 17.3. The van der Waals surface area contributed by atoms with Crippen LogP contribution in [-0.2, 0) is 41.0 Å². The van der Waals surface area contributed by atoms with Crippen molar-refractivity contribution in [3.05, 3.63) is 59.9 Å². The third-order valence-corrected chi connectivity index (χ3v) is 9.70. The van der Waals surface area contributed by atoms with E-state index in [1.54, 1.807) is 22.7 Å². The molecule has 0 saturated heterocycles. The number of aromatic nitrogens is 4. The Balaban J connectivity index is 1.78. The molecule has 20 heteroatoms. The molecule has 0 saturated carbocycles. The number of hydrogen-bond donors (Lipinski definition) is 6. The number of carboxylic acids is 1. The van der Waals surface area contributed by atoms with Crippen molar-refractivity contribution >= 4 is 74.0 Å². The number of rotatable bonds is 17. The summed E-state index contributed by atoms with van der Waals surface area (Å²) in [5, 5.41) is 24.8. The number of aliphatic carboxylic acids is 1. The number of nitrogens with one attached hydrogen (secondary N) is 2. The van der Waals surface area contributed by atoms with Crippen LogP contribution in [0.15, 0.2) is 53.6 Å². The number of benzene rings is 2. The summed E-state index contributed by atoms with van der Waals surface area (Å²) in [5.41, 5.74) is 14.1. The summed E-state index contributed by atoms with van der Waals surface area (Å²) >= 11 is 0. The Labute approximate surface area is 310 Å². The number of nitrogens with zero attached hydrogens (tertiary/aromatic N) is 6. The average Bonchev–Trinajstić information content (AvgIpc) is 3.41. The highest BCUT2D eigenvalue weighted by Gasteiger charge is 2.32. The highest BCUT2D eigenvalue weighted by Crippen LogP contribution is 2.31. The minimum atomic E-state index is -4.28. The number of carbonyl (C=O) groups is 5. The quantitative estimate of drug-likeness (QED) is 0.0781. The lowest BCUT2D eigenvalue weighted by atomic mass is 10.1. The van der Waals surface area contributed by atoms with Crippen molar-refractivity contribution in [1.29, 1.82) is 0 Å². The van der Waals surface area contributed by atoms with Gasteiger partial charge in [-0.25, -0.2) is 23.4 Å². The smallest absolute Gasteiger partial charge is 0.303 e. The summed E-state index contributed by atoms with van der Waals surface area (Å²) in [6.45, 7) is 3.49. The molecule has 2 aromatic heterocycles. The van der Waals surface area contributed by atoms with Gasteiger partial charge in [0.05, 0.1) is 34.6 Å². The number of carbonyl (C=O) groups excluding carboxylic acids is 4. The molecule has 4 rings (SSSR count). The lowest BCUT2D eigenvalue weighted by Gasteiger charge is -2.27. The Bertz CT molecular complexity index is 2180. The second-order valence-electron chi connectivity index (χ2n) is 12.5. The van der Waals surface area contributed by atoms with E-state index in [1.165, 1.54) is 25.3 Å². The van der Waals surface area contributed by atoms with Gasteiger partial charge in [-0.05, 0) is 75.2 Å². The fourth-order valence-electron chi connectivity index (χ4n) is 5.50. The molecule has 0 bridgehead atoms. The molecule has 3 atom stereocenters. The van der Waals surface area contributed by atoms with Gasteiger partial charge in [0.15, 0.2) is 0 Å². The Hall–Kier alpha value is -5.83. The molecule has 2 heterocycles. The first kappa shape index (κ1) is 40.9. The first-order chi connectivity index (χ1) is 25.4. The van der Waals surface area contributed by atoms with Crippen molar-refractivity contribution < 1.29 is 37.5 Å². The molecule has 288 valence electrons. The molecule has 0 aliphatic rings. The van der Waals surface area contributed by atoms with E-state index in [-0.39, 0.29) is 41.5 Å². The molecule has 9 N–H and O–H groups in total. The lowest BCUT2D eigenvalue weighted by molar-refractivity contribution is -0.137. The summed E-state index contributed by atoms with van der Waals surface area (Å²) in [6.07, 6.45) is 0.366. The van der Waals surface area contributed by atoms with Crippen molar-refractivity contribution in [3.8, 4) is 0 Å². The summed E-state index contributed by atoms with van der Waals surface area (Å²) in [6, 6.07) is 7.13. The van der Waals surface area contributed by atoms with Crippen LogP contribution in [0.25, 0.3) is 10.9 Å². The number of hydrogen-bond acceptors (Lipinski definition) is 13. The summed E-state index contributed by atoms with van der Waals surface area (Å²) in [4.78, 5) is 75.0. The number of anilines is 4. The van der Waals surface area contributed by atoms with Gasteiger partial charge in [-0.15, -0.1) is 0 Å². The van der Waals surface area contributed by atoms with Crippen LogP contribution in [0, 0.1) is 13.8 Å². The van der Waals surface area contributed by atoms with E-state index in [0.717, 1.165) is 27.6 Å². The van der Waals surface area contributed by atoms with Crippen molar-refractivity contribution in [1.82, 2.24) is 30.4 Å².